The van der Waals surface area contributed by atoms with Crippen molar-refractivity contribution in [2.24, 2.45) is 11.8 Å². The molecule has 0 aromatic heterocycles. The molecule has 74 valence electrons. The minimum Gasteiger partial charge on any atom is -0.293 e. The molecule has 3 rings (SSSR count). The van der Waals surface area contributed by atoms with Gasteiger partial charge in [0.15, 0.2) is 0 Å². The van der Waals surface area contributed by atoms with Crippen molar-refractivity contribution >= 4 is 0 Å². The maximum atomic E-state index is 2.64. The SMILES string of the molecule is CC1CN(C)CN2CC3C1CN3C2. The van der Waals surface area contributed by atoms with Crippen molar-refractivity contribution in [3.8, 4) is 0 Å². The van der Waals surface area contributed by atoms with E-state index in [0.717, 1.165) is 17.9 Å². The highest BCUT2D eigenvalue weighted by atomic mass is 15.5. The van der Waals surface area contributed by atoms with Gasteiger partial charge in [0.2, 0.25) is 0 Å². The van der Waals surface area contributed by atoms with Crippen molar-refractivity contribution in [2.75, 3.05) is 40.0 Å². The second-order valence-electron chi connectivity index (χ2n) is 5.15. The summed E-state index contributed by atoms with van der Waals surface area (Å²) in [6.07, 6.45) is 0. The van der Waals surface area contributed by atoms with E-state index in [2.05, 4.69) is 28.7 Å². The van der Waals surface area contributed by atoms with Gasteiger partial charge in [-0.2, -0.15) is 0 Å². The van der Waals surface area contributed by atoms with Crippen LogP contribution >= 0.6 is 0 Å². The van der Waals surface area contributed by atoms with Gasteiger partial charge in [-0.3, -0.25) is 14.7 Å². The topological polar surface area (TPSA) is 9.72 Å². The highest BCUT2D eigenvalue weighted by Gasteiger charge is 2.48. The molecule has 3 aliphatic heterocycles. The van der Waals surface area contributed by atoms with E-state index < -0.39 is 0 Å². The fraction of sp³-hybridized carbons (Fsp3) is 1.00. The highest BCUT2D eigenvalue weighted by molar-refractivity contribution is 5.01. The number of hydrogen-bond donors (Lipinski definition) is 0. The maximum absolute atomic E-state index is 2.64. The molecule has 0 N–H and O–H groups in total. The van der Waals surface area contributed by atoms with Gasteiger partial charge in [-0.15, -0.1) is 0 Å². The van der Waals surface area contributed by atoms with Crippen LogP contribution in [0.3, 0.4) is 0 Å². The third kappa shape index (κ3) is 1.14. The first kappa shape index (κ1) is 8.21. The molecule has 0 aromatic rings. The van der Waals surface area contributed by atoms with Crippen LogP contribution in [0.25, 0.3) is 0 Å². The Balaban J connectivity index is 1.81. The van der Waals surface area contributed by atoms with Crippen LogP contribution in [0, 0.1) is 11.8 Å². The standard InChI is InChI=1S/C10H19N3/c1-8-3-11(2)6-12-5-10-9(8)4-13(10)7-12/h8-10H,3-7H2,1-2H3. The predicted octanol–water partition coefficient (Wildman–Crippen LogP) is 0.0989. The van der Waals surface area contributed by atoms with Gasteiger partial charge in [-0.25, -0.2) is 0 Å². The Kier molecular flexibility index (Phi) is 1.70. The zero-order valence-corrected chi connectivity index (χ0v) is 8.61. The monoisotopic (exact) mass is 181 g/mol. The summed E-state index contributed by atoms with van der Waals surface area (Å²) in [5.41, 5.74) is 0. The van der Waals surface area contributed by atoms with Crippen LogP contribution in [-0.4, -0.2) is 60.8 Å². The van der Waals surface area contributed by atoms with Crippen LogP contribution in [0.5, 0.6) is 0 Å². The normalized spacial score (nSPS) is 51.2. The summed E-state index contributed by atoms with van der Waals surface area (Å²) >= 11 is 0. The van der Waals surface area contributed by atoms with Gasteiger partial charge in [0, 0.05) is 25.7 Å². The molecule has 3 fully saturated rings. The third-order valence-electron chi connectivity index (χ3n) is 4.01. The first-order chi connectivity index (χ1) is 6.24. The lowest BCUT2D eigenvalue weighted by Gasteiger charge is -2.46. The van der Waals surface area contributed by atoms with E-state index >= 15 is 0 Å². The van der Waals surface area contributed by atoms with Crippen molar-refractivity contribution in [2.45, 2.75) is 13.0 Å². The van der Waals surface area contributed by atoms with Crippen LogP contribution in [-0.2, 0) is 0 Å². The summed E-state index contributed by atoms with van der Waals surface area (Å²) < 4.78 is 0. The molecule has 13 heavy (non-hydrogen) atoms. The lowest BCUT2D eigenvalue weighted by atomic mass is 9.79. The summed E-state index contributed by atoms with van der Waals surface area (Å²) in [4.78, 5) is 7.69. The highest BCUT2D eigenvalue weighted by Crippen LogP contribution is 2.37. The molecule has 0 radical (unpaired) electrons. The van der Waals surface area contributed by atoms with Crippen LogP contribution < -0.4 is 0 Å². The Morgan fingerprint density at radius 3 is 2.77 bits per heavy atom. The molecule has 3 nitrogen and oxygen atoms in total. The molecule has 3 saturated heterocycles. The predicted molar refractivity (Wildman–Crippen MR) is 52.2 cm³/mol. The molecular formula is C10H19N3. The average molecular weight is 181 g/mol. The Bertz CT molecular complexity index is 214. The van der Waals surface area contributed by atoms with E-state index in [-0.39, 0.29) is 0 Å². The number of rotatable bonds is 0. The average Bonchev–Trinajstić information content (AvgIpc) is 2.34. The molecule has 0 aliphatic carbocycles. The van der Waals surface area contributed by atoms with Crippen LogP contribution in [0.1, 0.15) is 6.92 Å². The van der Waals surface area contributed by atoms with Gasteiger partial charge in [-0.1, -0.05) is 6.92 Å². The third-order valence-corrected chi connectivity index (χ3v) is 4.01. The molecule has 3 heteroatoms. The number of hydrogen-bond acceptors (Lipinski definition) is 3. The van der Waals surface area contributed by atoms with Gasteiger partial charge in [0.05, 0.1) is 13.3 Å². The molecule has 0 saturated carbocycles. The van der Waals surface area contributed by atoms with E-state index in [1.54, 1.807) is 0 Å². The van der Waals surface area contributed by atoms with Crippen LogP contribution in [0.4, 0.5) is 0 Å². The Morgan fingerprint density at radius 2 is 1.92 bits per heavy atom. The summed E-state index contributed by atoms with van der Waals surface area (Å²) in [5.74, 6) is 1.87. The van der Waals surface area contributed by atoms with Crippen molar-refractivity contribution in [3.63, 3.8) is 0 Å². The van der Waals surface area contributed by atoms with E-state index in [1.807, 2.05) is 0 Å². The smallest absolute Gasteiger partial charge is 0.0522 e. The van der Waals surface area contributed by atoms with E-state index in [4.69, 9.17) is 0 Å². The van der Waals surface area contributed by atoms with Gasteiger partial charge < -0.3 is 0 Å². The van der Waals surface area contributed by atoms with Crippen LogP contribution in [0.15, 0.2) is 0 Å². The lowest BCUT2D eigenvalue weighted by molar-refractivity contribution is 0.0179. The Labute approximate surface area is 80.3 Å². The quantitative estimate of drug-likeness (QED) is 0.525. The van der Waals surface area contributed by atoms with Crippen molar-refractivity contribution in [1.82, 2.24) is 14.7 Å². The van der Waals surface area contributed by atoms with E-state index in [0.29, 0.717) is 0 Å². The first-order valence-corrected chi connectivity index (χ1v) is 5.39. The summed E-state index contributed by atoms with van der Waals surface area (Å²) in [6, 6.07) is 0.906. The maximum Gasteiger partial charge on any atom is 0.0522 e. The van der Waals surface area contributed by atoms with Gasteiger partial charge in [0.25, 0.3) is 0 Å². The fourth-order valence-corrected chi connectivity index (χ4v) is 3.34. The van der Waals surface area contributed by atoms with E-state index in [1.165, 1.54) is 33.0 Å². The molecule has 3 aliphatic rings. The first-order valence-electron chi connectivity index (χ1n) is 5.39. The molecule has 0 spiro atoms. The van der Waals surface area contributed by atoms with E-state index in [9.17, 15) is 0 Å². The second-order valence-corrected chi connectivity index (χ2v) is 5.15. The molecule has 0 aromatic carbocycles. The van der Waals surface area contributed by atoms with Gasteiger partial charge in [0.1, 0.15) is 0 Å². The minimum absolute atomic E-state index is 0.895. The molecule has 0 amide bonds. The van der Waals surface area contributed by atoms with Crippen molar-refractivity contribution < 1.29 is 0 Å². The summed E-state index contributed by atoms with van der Waals surface area (Å²) in [6.45, 7) is 8.77. The summed E-state index contributed by atoms with van der Waals surface area (Å²) in [5, 5.41) is 0. The van der Waals surface area contributed by atoms with Gasteiger partial charge >= 0.3 is 0 Å². The Morgan fingerprint density at radius 1 is 1.08 bits per heavy atom. The number of fused-ring (bicyclic) bond motifs is 1. The lowest BCUT2D eigenvalue weighted by Crippen LogP contribution is -2.57. The molecule has 4 atom stereocenters. The largest absolute Gasteiger partial charge is 0.293 e. The fourth-order valence-electron chi connectivity index (χ4n) is 3.34. The second kappa shape index (κ2) is 2.69. The van der Waals surface area contributed by atoms with Crippen LogP contribution in [0.2, 0.25) is 0 Å². The minimum atomic E-state index is 0.895. The van der Waals surface area contributed by atoms with Crippen molar-refractivity contribution in [1.29, 1.82) is 0 Å². The zero-order valence-electron chi connectivity index (χ0n) is 8.61. The summed E-state index contributed by atoms with van der Waals surface area (Å²) in [7, 11) is 2.25. The number of nitrogens with zero attached hydrogens (tertiary/aromatic N) is 3. The van der Waals surface area contributed by atoms with Crippen molar-refractivity contribution in [3.05, 3.63) is 0 Å². The molecule has 4 unspecified atom stereocenters. The molecule has 2 bridgehead atoms. The molecule has 3 heterocycles. The zero-order chi connectivity index (χ0) is 9.00. The Hall–Kier alpha value is -0.120. The molecular weight excluding hydrogens is 162 g/mol. The van der Waals surface area contributed by atoms with Gasteiger partial charge in [-0.05, 0) is 18.9 Å².